The molecule has 0 saturated carbocycles. The molecule has 0 radical (unpaired) electrons. The van der Waals surface area contributed by atoms with Gasteiger partial charge in [0.25, 0.3) is 0 Å². The average molecular weight is 400 g/mol. The Morgan fingerprint density at radius 3 is 1.78 bits per heavy atom. The summed E-state index contributed by atoms with van der Waals surface area (Å²) in [4.78, 5) is 14.9. The Kier molecular flexibility index (Phi) is 6.22. The Hall–Kier alpha value is -2.69. The standard InChI is InChI=1S/C21H18Cl2N2O2/c22-19-12-11-18(15-20(19)23)25(21(26)27)14-13-24(16-7-3-1-4-8-16)17-9-5-2-6-10-17/h1-12,15H,13-14H2,(H,26,27)/p-1. The predicted molar refractivity (Wildman–Crippen MR) is 109 cm³/mol. The number of carbonyl (C=O) groups excluding carboxylic acids is 1. The highest BCUT2D eigenvalue weighted by molar-refractivity contribution is 6.42. The van der Waals surface area contributed by atoms with Crippen molar-refractivity contribution in [3.05, 3.63) is 88.9 Å². The van der Waals surface area contributed by atoms with E-state index < -0.39 is 6.09 Å². The third-order valence-electron chi connectivity index (χ3n) is 4.12. The maximum atomic E-state index is 11.7. The van der Waals surface area contributed by atoms with Gasteiger partial charge in [0.05, 0.1) is 10.0 Å². The molecule has 3 rings (SSSR count). The molecule has 0 saturated heterocycles. The van der Waals surface area contributed by atoms with Crippen molar-refractivity contribution in [2.45, 2.75) is 0 Å². The van der Waals surface area contributed by atoms with Crippen LogP contribution in [-0.2, 0) is 0 Å². The molecule has 3 aromatic rings. The number of halogens is 2. The molecule has 0 heterocycles. The van der Waals surface area contributed by atoms with Crippen LogP contribution in [0.25, 0.3) is 0 Å². The van der Waals surface area contributed by atoms with Crippen LogP contribution in [0.15, 0.2) is 78.9 Å². The van der Waals surface area contributed by atoms with E-state index in [0.717, 1.165) is 16.3 Å². The second-order valence-electron chi connectivity index (χ2n) is 5.84. The molecule has 0 bridgehead atoms. The maximum absolute atomic E-state index is 11.7. The third-order valence-corrected chi connectivity index (χ3v) is 4.86. The van der Waals surface area contributed by atoms with Crippen molar-refractivity contribution < 1.29 is 9.90 Å². The van der Waals surface area contributed by atoms with Gasteiger partial charge in [-0.3, -0.25) is 0 Å². The molecule has 0 aliphatic heterocycles. The molecule has 3 aromatic carbocycles. The summed E-state index contributed by atoms with van der Waals surface area (Å²) in [5, 5.41) is 12.4. The van der Waals surface area contributed by atoms with Crippen molar-refractivity contribution in [2.75, 3.05) is 22.9 Å². The van der Waals surface area contributed by atoms with Gasteiger partial charge in [-0.25, -0.2) is 0 Å². The molecule has 4 nitrogen and oxygen atoms in total. The average Bonchev–Trinajstić information content (AvgIpc) is 2.69. The molecule has 138 valence electrons. The summed E-state index contributed by atoms with van der Waals surface area (Å²) in [6.07, 6.45) is -1.30. The minimum absolute atomic E-state index is 0.198. The number of carbonyl (C=O) groups is 1. The van der Waals surface area contributed by atoms with Gasteiger partial charge in [0.2, 0.25) is 0 Å². The summed E-state index contributed by atoms with van der Waals surface area (Å²) in [7, 11) is 0. The zero-order chi connectivity index (χ0) is 19.2. The van der Waals surface area contributed by atoms with Crippen LogP contribution >= 0.6 is 23.2 Å². The lowest BCUT2D eigenvalue weighted by molar-refractivity contribution is -0.246. The summed E-state index contributed by atoms with van der Waals surface area (Å²) in [6, 6.07) is 24.3. The summed E-state index contributed by atoms with van der Waals surface area (Å²) in [5.41, 5.74) is 2.36. The first-order valence-electron chi connectivity index (χ1n) is 8.37. The van der Waals surface area contributed by atoms with Gasteiger partial charge in [0, 0.05) is 30.2 Å². The number of nitrogens with zero attached hydrogens (tertiary/aromatic N) is 2. The highest BCUT2D eigenvalue weighted by Crippen LogP contribution is 2.28. The number of hydrogen-bond donors (Lipinski definition) is 0. The van der Waals surface area contributed by atoms with E-state index in [9.17, 15) is 9.90 Å². The smallest absolute Gasteiger partial charge is 0.141 e. The zero-order valence-electron chi connectivity index (χ0n) is 14.4. The van der Waals surface area contributed by atoms with E-state index in [4.69, 9.17) is 23.2 Å². The molecule has 0 fully saturated rings. The molecule has 1 amide bonds. The molecule has 0 aromatic heterocycles. The Labute approximate surface area is 168 Å². The molecule has 0 atom stereocenters. The first-order chi connectivity index (χ1) is 13.1. The molecule has 0 unspecified atom stereocenters. The van der Waals surface area contributed by atoms with Gasteiger partial charge in [-0.05, 0) is 42.5 Å². The van der Waals surface area contributed by atoms with E-state index in [1.165, 1.54) is 6.07 Å². The van der Waals surface area contributed by atoms with Gasteiger partial charge in [-0.1, -0.05) is 59.6 Å². The molecule has 0 spiro atoms. The number of anilines is 3. The van der Waals surface area contributed by atoms with Crippen LogP contribution in [0.3, 0.4) is 0 Å². The Bertz CT molecular complexity index is 865. The van der Waals surface area contributed by atoms with Crippen molar-refractivity contribution >= 4 is 46.4 Å². The van der Waals surface area contributed by atoms with Crippen LogP contribution in [-0.4, -0.2) is 19.2 Å². The van der Waals surface area contributed by atoms with Crippen LogP contribution in [0.1, 0.15) is 0 Å². The normalized spacial score (nSPS) is 10.4. The Balaban J connectivity index is 1.86. The summed E-state index contributed by atoms with van der Waals surface area (Å²) >= 11 is 12.0. The van der Waals surface area contributed by atoms with Crippen LogP contribution in [0.5, 0.6) is 0 Å². The summed E-state index contributed by atoms with van der Waals surface area (Å²) in [5.74, 6) is 0. The third kappa shape index (κ3) is 4.73. The molecule has 0 aliphatic carbocycles. The van der Waals surface area contributed by atoms with E-state index in [1.54, 1.807) is 12.1 Å². The van der Waals surface area contributed by atoms with E-state index in [0.29, 0.717) is 22.3 Å². The van der Waals surface area contributed by atoms with Crippen LogP contribution < -0.4 is 14.9 Å². The maximum Gasteiger partial charge on any atom is 0.141 e. The lowest BCUT2D eigenvalue weighted by Crippen LogP contribution is -2.44. The lowest BCUT2D eigenvalue weighted by Gasteiger charge is -2.31. The van der Waals surface area contributed by atoms with Crippen LogP contribution in [0, 0.1) is 0 Å². The summed E-state index contributed by atoms with van der Waals surface area (Å²) < 4.78 is 0. The minimum Gasteiger partial charge on any atom is -0.530 e. The fourth-order valence-electron chi connectivity index (χ4n) is 2.80. The molecular weight excluding hydrogens is 383 g/mol. The number of benzene rings is 3. The fraction of sp³-hybridized carbons (Fsp3) is 0.0952. The highest BCUT2D eigenvalue weighted by atomic mass is 35.5. The van der Waals surface area contributed by atoms with E-state index in [-0.39, 0.29) is 6.54 Å². The van der Waals surface area contributed by atoms with Crippen molar-refractivity contribution in [1.82, 2.24) is 0 Å². The van der Waals surface area contributed by atoms with Gasteiger partial charge in [-0.2, -0.15) is 0 Å². The van der Waals surface area contributed by atoms with Gasteiger partial charge in [0.15, 0.2) is 0 Å². The van der Waals surface area contributed by atoms with Crippen LogP contribution in [0.2, 0.25) is 10.0 Å². The zero-order valence-corrected chi connectivity index (χ0v) is 15.9. The van der Waals surface area contributed by atoms with E-state index in [1.807, 2.05) is 65.6 Å². The van der Waals surface area contributed by atoms with Crippen molar-refractivity contribution in [3.8, 4) is 0 Å². The number of amides is 1. The number of para-hydroxylation sites is 2. The molecule has 0 aliphatic rings. The largest absolute Gasteiger partial charge is 0.530 e. The second kappa shape index (κ2) is 8.80. The quantitative estimate of drug-likeness (QED) is 0.586. The SMILES string of the molecule is O=C([O-])N(CCN(c1ccccc1)c1ccccc1)c1ccc(Cl)c(Cl)c1. The van der Waals surface area contributed by atoms with Gasteiger partial charge >= 0.3 is 0 Å². The van der Waals surface area contributed by atoms with Crippen molar-refractivity contribution in [3.63, 3.8) is 0 Å². The second-order valence-corrected chi connectivity index (χ2v) is 6.65. The van der Waals surface area contributed by atoms with Crippen molar-refractivity contribution in [2.24, 2.45) is 0 Å². The first-order valence-corrected chi connectivity index (χ1v) is 9.13. The predicted octanol–water partition coefficient (Wildman–Crippen LogP) is 4.98. The lowest BCUT2D eigenvalue weighted by atomic mass is 10.2. The highest BCUT2D eigenvalue weighted by Gasteiger charge is 2.14. The Morgan fingerprint density at radius 1 is 0.741 bits per heavy atom. The Morgan fingerprint density at radius 2 is 1.30 bits per heavy atom. The fourth-order valence-corrected chi connectivity index (χ4v) is 3.09. The number of hydrogen-bond acceptors (Lipinski definition) is 3. The van der Waals surface area contributed by atoms with Gasteiger partial charge in [0.1, 0.15) is 6.09 Å². The molecule has 27 heavy (non-hydrogen) atoms. The molecule has 0 N–H and O–H groups in total. The topological polar surface area (TPSA) is 46.6 Å². The van der Waals surface area contributed by atoms with Gasteiger partial charge < -0.3 is 19.7 Å². The van der Waals surface area contributed by atoms with Gasteiger partial charge in [-0.15, -0.1) is 0 Å². The van der Waals surface area contributed by atoms with Crippen LogP contribution in [0.4, 0.5) is 21.9 Å². The monoisotopic (exact) mass is 399 g/mol. The van der Waals surface area contributed by atoms with E-state index in [2.05, 4.69) is 0 Å². The first kappa shape index (κ1) is 19.1. The summed E-state index contributed by atoms with van der Waals surface area (Å²) in [6.45, 7) is 0.631. The minimum atomic E-state index is -1.30. The molecule has 6 heteroatoms. The van der Waals surface area contributed by atoms with Crippen molar-refractivity contribution in [1.29, 1.82) is 0 Å². The number of rotatable bonds is 6. The van der Waals surface area contributed by atoms with E-state index >= 15 is 0 Å². The molecular formula is C21H17Cl2N2O2-. The number of carboxylic acid groups (broad SMARTS) is 1.